The van der Waals surface area contributed by atoms with E-state index in [9.17, 15) is 9.18 Å². The lowest BCUT2D eigenvalue weighted by molar-refractivity contribution is -0.131. The molecule has 3 aromatic rings. The van der Waals surface area contributed by atoms with Crippen molar-refractivity contribution in [3.63, 3.8) is 0 Å². The second-order valence-electron chi connectivity index (χ2n) is 6.99. The Bertz CT molecular complexity index is 1020. The molecule has 1 aromatic carbocycles. The molecule has 1 amide bonds. The molecule has 2 aromatic heterocycles. The number of carbonyl (C=O) groups is 1. The first-order valence-corrected chi connectivity index (χ1v) is 9.50. The molecule has 0 aliphatic carbocycles. The normalized spacial score (nSPS) is 14.7. The molecule has 146 valence electrons. The van der Waals surface area contributed by atoms with Crippen LogP contribution in [0.5, 0.6) is 0 Å². The zero-order chi connectivity index (χ0) is 19.8. The van der Waals surface area contributed by atoms with Crippen molar-refractivity contribution in [1.29, 1.82) is 0 Å². The zero-order valence-corrected chi connectivity index (χ0v) is 16.3. The molecule has 4 rings (SSSR count). The van der Waals surface area contributed by atoms with Gasteiger partial charge in [-0.15, -0.1) is 0 Å². The number of rotatable bonds is 3. The molecule has 3 heterocycles. The molecule has 28 heavy (non-hydrogen) atoms. The van der Waals surface area contributed by atoms with Crippen LogP contribution in [0.1, 0.15) is 24.9 Å². The predicted octanol–water partition coefficient (Wildman–Crippen LogP) is 2.63. The number of benzene rings is 1. The topological polar surface area (TPSA) is 67.2 Å². The fraction of sp³-hybridized carbons (Fsp3) is 0.400. The maximum Gasteiger partial charge on any atom is 0.222 e. The third kappa shape index (κ3) is 3.19. The Morgan fingerprint density at radius 3 is 2.39 bits per heavy atom. The molecule has 0 radical (unpaired) electrons. The van der Waals surface area contributed by atoms with Crippen molar-refractivity contribution in [1.82, 2.24) is 24.6 Å². The lowest BCUT2D eigenvalue weighted by Gasteiger charge is -2.35. The number of nitrogens with zero attached hydrogens (tertiary/aromatic N) is 6. The summed E-state index contributed by atoms with van der Waals surface area (Å²) in [5.41, 5.74) is 2.28. The van der Waals surface area contributed by atoms with E-state index in [-0.39, 0.29) is 11.7 Å². The van der Waals surface area contributed by atoms with E-state index in [1.807, 2.05) is 25.7 Å². The van der Waals surface area contributed by atoms with Crippen LogP contribution in [0.2, 0.25) is 0 Å². The fourth-order valence-electron chi connectivity index (χ4n) is 3.65. The van der Waals surface area contributed by atoms with Crippen molar-refractivity contribution in [2.24, 2.45) is 0 Å². The third-order valence-electron chi connectivity index (χ3n) is 5.10. The molecule has 0 spiro atoms. The summed E-state index contributed by atoms with van der Waals surface area (Å²) in [4.78, 5) is 25.4. The Hall–Kier alpha value is -3.03. The molecule has 8 heteroatoms. The van der Waals surface area contributed by atoms with Gasteiger partial charge in [0.05, 0.1) is 16.8 Å². The van der Waals surface area contributed by atoms with Crippen molar-refractivity contribution in [2.75, 3.05) is 31.1 Å². The molecule has 7 nitrogen and oxygen atoms in total. The summed E-state index contributed by atoms with van der Waals surface area (Å²) in [6.07, 6.45) is 0.528. The van der Waals surface area contributed by atoms with Crippen LogP contribution in [0.25, 0.3) is 16.7 Å². The lowest BCUT2D eigenvalue weighted by atomic mass is 10.2. The number of halogens is 1. The maximum atomic E-state index is 13.3. The first-order valence-electron chi connectivity index (χ1n) is 9.50. The third-order valence-corrected chi connectivity index (χ3v) is 5.10. The molecular weight excluding hydrogens is 359 g/mol. The van der Waals surface area contributed by atoms with E-state index in [1.54, 1.807) is 16.8 Å². The number of hydrogen-bond acceptors (Lipinski definition) is 5. The van der Waals surface area contributed by atoms with E-state index in [0.717, 1.165) is 35.7 Å². The average molecular weight is 382 g/mol. The second-order valence-corrected chi connectivity index (χ2v) is 6.99. The number of anilines is 1. The minimum Gasteiger partial charge on any atom is -0.352 e. The highest BCUT2D eigenvalue weighted by Gasteiger charge is 2.25. The van der Waals surface area contributed by atoms with Gasteiger partial charge in [0.25, 0.3) is 0 Å². The van der Waals surface area contributed by atoms with Gasteiger partial charge in [0.15, 0.2) is 5.65 Å². The summed E-state index contributed by atoms with van der Waals surface area (Å²) in [7, 11) is 0. The highest BCUT2D eigenvalue weighted by molar-refractivity contribution is 5.91. The summed E-state index contributed by atoms with van der Waals surface area (Å²) in [5, 5.41) is 5.54. The summed E-state index contributed by atoms with van der Waals surface area (Å²) in [6.45, 7) is 8.49. The Morgan fingerprint density at radius 2 is 1.75 bits per heavy atom. The van der Waals surface area contributed by atoms with Crippen LogP contribution in [-0.4, -0.2) is 56.7 Å². The van der Waals surface area contributed by atoms with Gasteiger partial charge in [0.1, 0.15) is 17.5 Å². The highest BCUT2D eigenvalue weighted by Crippen LogP contribution is 2.29. The summed E-state index contributed by atoms with van der Waals surface area (Å²) < 4.78 is 15.1. The summed E-state index contributed by atoms with van der Waals surface area (Å²) in [5.74, 6) is 1.39. The zero-order valence-electron chi connectivity index (χ0n) is 16.3. The minimum atomic E-state index is -0.289. The largest absolute Gasteiger partial charge is 0.352 e. The molecule has 0 saturated carbocycles. The van der Waals surface area contributed by atoms with Gasteiger partial charge in [-0.3, -0.25) is 4.79 Å². The number of hydrogen-bond donors (Lipinski definition) is 0. The predicted molar refractivity (Wildman–Crippen MR) is 105 cm³/mol. The van der Waals surface area contributed by atoms with Crippen molar-refractivity contribution >= 4 is 22.8 Å². The Kier molecular flexibility index (Phi) is 4.70. The van der Waals surface area contributed by atoms with Gasteiger partial charge in [0.2, 0.25) is 5.91 Å². The Balaban J connectivity index is 1.74. The van der Waals surface area contributed by atoms with Gasteiger partial charge in [-0.1, -0.05) is 6.92 Å². The number of aryl methyl sites for hydroxylation is 2. The van der Waals surface area contributed by atoms with Crippen LogP contribution >= 0.6 is 0 Å². The van der Waals surface area contributed by atoms with Crippen molar-refractivity contribution < 1.29 is 9.18 Å². The number of carbonyl (C=O) groups excluding carboxylic acids is 1. The van der Waals surface area contributed by atoms with Crippen LogP contribution in [0.4, 0.5) is 10.2 Å². The SMILES string of the molecule is CCC(=O)N1CCN(c2nc(C)nc3c2c(C)nn3-c2ccc(F)cc2)CC1. The molecule has 1 aliphatic rings. The van der Waals surface area contributed by atoms with Gasteiger partial charge in [0, 0.05) is 32.6 Å². The van der Waals surface area contributed by atoms with Crippen molar-refractivity contribution in [3.05, 3.63) is 41.6 Å². The minimum absolute atomic E-state index is 0.184. The van der Waals surface area contributed by atoms with E-state index in [2.05, 4.69) is 15.0 Å². The van der Waals surface area contributed by atoms with Crippen LogP contribution in [0, 0.1) is 19.7 Å². The number of fused-ring (bicyclic) bond motifs is 1. The lowest BCUT2D eigenvalue weighted by Crippen LogP contribution is -2.49. The molecule has 0 atom stereocenters. The van der Waals surface area contributed by atoms with Crippen LogP contribution < -0.4 is 4.90 Å². The summed E-state index contributed by atoms with van der Waals surface area (Å²) >= 11 is 0. The molecule has 0 N–H and O–H groups in total. The molecule has 1 saturated heterocycles. The van der Waals surface area contributed by atoms with E-state index in [4.69, 9.17) is 4.98 Å². The van der Waals surface area contributed by atoms with Gasteiger partial charge in [-0.2, -0.15) is 5.10 Å². The first kappa shape index (κ1) is 18.3. The van der Waals surface area contributed by atoms with Gasteiger partial charge in [-0.25, -0.2) is 19.0 Å². The second kappa shape index (κ2) is 7.18. The first-order chi connectivity index (χ1) is 13.5. The van der Waals surface area contributed by atoms with Gasteiger partial charge in [-0.05, 0) is 38.1 Å². The van der Waals surface area contributed by atoms with E-state index < -0.39 is 0 Å². The van der Waals surface area contributed by atoms with Gasteiger partial charge >= 0.3 is 0 Å². The van der Waals surface area contributed by atoms with Crippen molar-refractivity contribution in [3.8, 4) is 5.69 Å². The molecular formula is C20H23FN6O. The highest BCUT2D eigenvalue weighted by atomic mass is 19.1. The fourth-order valence-corrected chi connectivity index (χ4v) is 3.65. The van der Waals surface area contributed by atoms with Crippen LogP contribution in [0.15, 0.2) is 24.3 Å². The Morgan fingerprint density at radius 1 is 1.07 bits per heavy atom. The average Bonchev–Trinajstić information content (AvgIpc) is 3.03. The maximum absolute atomic E-state index is 13.3. The van der Waals surface area contributed by atoms with Gasteiger partial charge < -0.3 is 9.80 Å². The molecule has 0 unspecified atom stereocenters. The molecule has 1 fully saturated rings. The van der Waals surface area contributed by atoms with Crippen LogP contribution in [0.3, 0.4) is 0 Å². The molecule has 1 aliphatic heterocycles. The number of piperazine rings is 1. The quantitative estimate of drug-likeness (QED) is 0.697. The van der Waals surface area contributed by atoms with E-state index >= 15 is 0 Å². The Labute approximate surface area is 162 Å². The standard InChI is InChI=1S/C20H23FN6O/c1-4-17(28)25-9-11-26(12-10-25)19-18-13(2)24-27(20(18)23-14(3)22-19)16-7-5-15(21)6-8-16/h5-8H,4,9-12H2,1-3H3. The van der Waals surface area contributed by atoms with Crippen LogP contribution in [-0.2, 0) is 4.79 Å². The molecule has 0 bridgehead atoms. The smallest absolute Gasteiger partial charge is 0.222 e. The van der Waals surface area contributed by atoms with E-state index in [1.165, 1.54) is 12.1 Å². The monoisotopic (exact) mass is 382 g/mol. The summed E-state index contributed by atoms with van der Waals surface area (Å²) in [6, 6.07) is 6.20. The van der Waals surface area contributed by atoms with E-state index in [0.29, 0.717) is 31.0 Å². The number of aromatic nitrogens is 4. The number of amides is 1. The van der Waals surface area contributed by atoms with Crippen molar-refractivity contribution in [2.45, 2.75) is 27.2 Å².